The van der Waals surface area contributed by atoms with Gasteiger partial charge >= 0.3 is 0 Å². The van der Waals surface area contributed by atoms with Gasteiger partial charge in [-0.05, 0) is 26.2 Å². The lowest BCUT2D eigenvalue weighted by Crippen LogP contribution is -2.44. The Morgan fingerprint density at radius 1 is 1.57 bits per heavy atom. The molecule has 0 heterocycles. The highest BCUT2D eigenvalue weighted by Gasteiger charge is 2.25. The van der Waals surface area contributed by atoms with Gasteiger partial charge in [-0.3, -0.25) is 9.59 Å². The highest BCUT2D eigenvalue weighted by molar-refractivity contribution is 5.87. The average molecular weight is 198 g/mol. The summed E-state index contributed by atoms with van der Waals surface area (Å²) in [6.45, 7) is 5.63. The van der Waals surface area contributed by atoms with E-state index < -0.39 is 5.54 Å². The number of hydrogen-bond donors (Lipinski definition) is 2. The van der Waals surface area contributed by atoms with E-state index in [2.05, 4.69) is 11.9 Å². The topological polar surface area (TPSA) is 72.2 Å². The van der Waals surface area contributed by atoms with Gasteiger partial charge in [-0.15, -0.1) is 6.58 Å². The third-order valence-electron chi connectivity index (χ3n) is 2.26. The van der Waals surface area contributed by atoms with Gasteiger partial charge in [0, 0.05) is 6.54 Å². The standard InChI is InChI=1S/C10H18N2O2/c1-3-10(11,9(2)14)6-4-5-7-12-8-13/h3,8H,1,4-7,11H2,2H3,(H,12,13)/t10-/m0/s1. The Labute approximate surface area is 84.5 Å². The molecule has 80 valence electrons. The van der Waals surface area contributed by atoms with Crippen molar-refractivity contribution in [2.24, 2.45) is 5.73 Å². The number of Topliss-reactive ketones (excluding diaryl/α,β-unsaturated/α-hetero) is 1. The van der Waals surface area contributed by atoms with Gasteiger partial charge < -0.3 is 11.1 Å². The van der Waals surface area contributed by atoms with Gasteiger partial charge in [-0.25, -0.2) is 0 Å². The predicted octanol–water partition coefficient (Wildman–Crippen LogP) is 0.375. The molecule has 3 N–H and O–H groups in total. The summed E-state index contributed by atoms with van der Waals surface area (Å²) in [6, 6.07) is 0. The van der Waals surface area contributed by atoms with Crippen LogP contribution in [0.4, 0.5) is 0 Å². The maximum atomic E-state index is 11.1. The maximum absolute atomic E-state index is 11.1. The molecule has 0 rings (SSSR count). The number of carbonyl (C=O) groups is 2. The Balaban J connectivity index is 3.79. The number of amides is 1. The maximum Gasteiger partial charge on any atom is 0.207 e. The van der Waals surface area contributed by atoms with Crippen molar-refractivity contribution >= 4 is 12.2 Å². The lowest BCUT2D eigenvalue weighted by atomic mass is 9.90. The SMILES string of the molecule is C=C[C@](N)(CCCCNC=O)C(C)=O. The number of nitrogens with one attached hydrogen (secondary N) is 1. The molecular formula is C10H18N2O2. The summed E-state index contributed by atoms with van der Waals surface area (Å²) in [4.78, 5) is 21.1. The number of carbonyl (C=O) groups excluding carboxylic acids is 2. The van der Waals surface area contributed by atoms with Gasteiger partial charge in [0.1, 0.15) is 0 Å². The second-order valence-electron chi connectivity index (χ2n) is 3.33. The largest absolute Gasteiger partial charge is 0.359 e. The molecule has 0 aliphatic carbocycles. The van der Waals surface area contributed by atoms with Crippen molar-refractivity contribution in [1.29, 1.82) is 0 Å². The van der Waals surface area contributed by atoms with Gasteiger partial charge in [0.2, 0.25) is 6.41 Å². The summed E-state index contributed by atoms with van der Waals surface area (Å²) >= 11 is 0. The van der Waals surface area contributed by atoms with Gasteiger partial charge in [-0.2, -0.15) is 0 Å². The van der Waals surface area contributed by atoms with Crippen LogP contribution < -0.4 is 11.1 Å². The van der Waals surface area contributed by atoms with Crippen LogP contribution in [0.5, 0.6) is 0 Å². The van der Waals surface area contributed by atoms with Crippen LogP contribution in [0.2, 0.25) is 0 Å². The van der Waals surface area contributed by atoms with Crippen LogP contribution in [0.1, 0.15) is 26.2 Å². The van der Waals surface area contributed by atoms with Crippen molar-refractivity contribution < 1.29 is 9.59 Å². The molecule has 0 aliphatic rings. The zero-order chi connectivity index (χ0) is 11.0. The first-order valence-electron chi connectivity index (χ1n) is 4.67. The zero-order valence-electron chi connectivity index (χ0n) is 8.58. The van der Waals surface area contributed by atoms with Crippen LogP contribution in [0, 0.1) is 0 Å². The second kappa shape index (κ2) is 6.32. The first-order chi connectivity index (χ1) is 6.56. The summed E-state index contributed by atoms with van der Waals surface area (Å²) in [5, 5.41) is 2.55. The van der Waals surface area contributed by atoms with Crippen LogP contribution in [0.15, 0.2) is 12.7 Å². The molecule has 0 radical (unpaired) electrons. The lowest BCUT2D eigenvalue weighted by Gasteiger charge is -2.21. The smallest absolute Gasteiger partial charge is 0.207 e. The first-order valence-corrected chi connectivity index (χ1v) is 4.67. The minimum Gasteiger partial charge on any atom is -0.359 e. The van der Waals surface area contributed by atoms with Crippen molar-refractivity contribution in [1.82, 2.24) is 5.32 Å². The Kier molecular flexibility index (Phi) is 5.79. The van der Waals surface area contributed by atoms with E-state index in [1.54, 1.807) is 0 Å². The fraction of sp³-hybridized carbons (Fsp3) is 0.600. The molecule has 0 aromatic heterocycles. The van der Waals surface area contributed by atoms with E-state index in [1.165, 1.54) is 13.0 Å². The third kappa shape index (κ3) is 4.18. The van der Waals surface area contributed by atoms with Crippen molar-refractivity contribution in [3.63, 3.8) is 0 Å². The molecule has 0 saturated carbocycles. The Hall–Kier alpha value is -1.16. The fourth-order valence-corrected chi connectivity index (χ4v) is 1.13. The zero-order valence-corrected chi connectivity index (χ0v) is 8.58. The van der Waals surface area contributed by atoms with Crippen LogP contribution in [-0.4, -0.2) is 24.3 Å². The number of hydrogen-bond acceptors (Lipinski definition) is 3. The van der Waals surface area contributed by atoms with E-state index in [9.17, 15) is 9.59 Å². The molecular weight excluding hydrogens is 180 g/mol. The van der Waals surface area contributed by atoms with Crippen LogP contribution >= 0.6 is 0 Å². The van der Waals surface area contributed by atoms with Gasteiger partial charge in [0.25, 0.3) is 0 Å². The van der Waals surface area contributed by atoms with Crippen molar-refractivity contribution in [2.45, 2.75) is 31.7 Å². The van der Waals surface area contributed by atoms with E-state index in [1.807, 2.05) is 0 Å². The molecule has 1 amide bonds. The van der Waals surface area contributed by atoms with Gasteiger partial charge in [-0.1, -0.05) is 6.08 Å². The minimum absolute atomic E-state index is 0.0733. The van der Waals surface area contributed by atoms with Crippen LogP contribution in [0.25, 0.3) is 0 Å². The lowest BCUT2D eigenvalue weighted by molar-refractivity contribution is -0.120. The van der Waals surface area contributed by atoms with Gasteiger partial charge in [0.15, 0.2) is 5.78 Å². The normalized spacial score (nSPS) is 14.1. The molecule has 0 aromatic carbocycles. The van der Waals surface area contributed by atoms with E-state index in [4.69, 9.17) is 5.73 Å². The molecule has 0 aliphatic heterocycles. The fourth-order valence-electron chi connectivity index (χ4n) is 1.13. The monoisotopic (exact) mass is 198 g/mol. The van der Waals surface area contributed by atoms with E-state index in [0.717, 1.165) is 12.8 Å². The summed E-state index contributed by atoms with van der Waals surface area (Å²) < 4.78 is 0. The number of nitrogens with two attached hydrogens (primary N) is 1. The second-order valence-corrected chi connectivity index (χ2v) is 3.33. The molecule has 1 atom stereocenters. The summed E-state index contributed by atoms with van der Waals surface area (Å²) in [7, 11) is 0. The first kappa shape index (κ1) is 12.8. The molecule has 0 unspecified atom stereocenters. The summed E-state index contributed by atoms with van der Waals surface area (Å²) in [5.41, 5.74) is 4.90. The molecule has 0 spiro atoms. The Morgan fingerprint density at radius 3 is 2.64 bits per heavy atom. The summed E-state index contributed by atoms with van der Waals surface area (Å²) in [5.74, 6) is -0.0733. The molecule has 14 heavy (non-hydrogen) atoms. The van der Waals surface area contributed by atoms with Crippen LogP contribution in [0.3, 0.4) is 0 Å². The average Bonchev–Trinajstić information content (AvgIpc) is 2.17. The molecule has 4 nitrogen and oxygen atoms in total. The van der Waals surface area contributed by atoms with E-state index in [-0.39, 0.29) is 5.78 Å². The molecule has 4 heteroatoms. The van der Waals surface area contributed by atoms with Crippen molar-refractivity contribution in [3.8, 4) is 0 Å². The number of unbranched alkanes of at least 4 members (excludes halogenated alkanes) is 1. The third-order valence-corrected chi connectivity index (χ3v) is 2.26. The highest BCUT2D eigenvalue weighted by atomic mass is 16.1. The summed E-state index contributed by atoms with van der Waals surface area (Å²) in [6.07, 6.45) is 4.34. The minimum atomic E-state index is -0.902. The molecule has 0 fully saturated rings. The molecule has 0 bridgehead atoms. The number of rotatable bonds is 8. The van der Waals surface area contributed by atoms with E-state index >= 15 is 0 Å². The molecule has 0 saturated heterocycles. The Morgan fingerprint density at radius 2 is 2.21 bits per heavy atom. The van der Waals surface area contributed by atoms with Crippen molar-refractivity contribution in [2.75, 3.05) is 6.54 Å². The van der Waals surface area contributed by atoms with E-state index in [0.29, 0.717) is 19.4 Å². The van der Waals surface area contributed by atoms with Crippen molar-refractivity contribution in [3.05, 3.63) is 12.7 Å². The molecule has 0 aromatic rings. The predicted molar refractivity (Wildman–Crippen MR) is 55.7 cm³/mol. The van der Waals surface area contributed by atoms with Gasteiger partial charge in [0.05, 0.1) is 5.54 Å². The highest BCUT2D eigenvalue weighted by Crippen LogP contribution is 2.13. The quantitative estimate of drug-likeness (QED) is 0.336. The van der Waals surface area contributed by atoms with Crippen LogP contribution in [-0.2, 0) is 9.59 Å². The Bertz CT molecular complexity index is 216. The number of ketones is 1.